The van der Waals surface area contributed by atoms with E-state index < -0.39 is 12.7 Å². The second-order valence-electron chi connectivity index (χ2n) is 2.64. The number of halogens is 3. The normalized spacial score (nSPS) is 12.0. The maximum atomic E-state index is 11.5. The molecule has 0 radical (unpaired) electrons. The second-order valence-corrected chi connectivity index (χ2v) is 2.64. The van der Waals surface area contributed by atoms with E-state index >= 15 is 0 Å². The van der Waals surface area contributed by atoms with Crippen LogP contribution in [0.3, 0.4) is 0 Å². The fourth-order valence-corrected chi connectivity index (χ4v) is 0.801. The highest BCUT2D eigenvalue weighted by atomic mass is 19.4. The van der Waals surface area contributed by atoms with Gasteiger partial charge in [0.1, 0.15) is 0 Å². The van der Waals surface area contributed by atoms with Crippen LogP contribution in [0.2, 0.25) is 0 Å². The van der Waals surface area contributed by atoms with Crippen molar-refractivity contribution in [3.8, 4) is 0 Å². The van der Waals surface area contributed by atoms with E-state index in [0.29, 0.717) is 13.1 Å². The van der Waals surface area contributed by atoms with Gasteiger partial charge in [0.2, 0.25) is 0 Å². The van der Waals surface area contributed by atoms with Gasteiger partial charge in [0.25, 0.3) is 0 Å². The summed E-state index contributed by atoms with van der Waals surface area (Å²) in [4.78, 5) is 0. The van der Waals surface area contributed by atoms with Crippen molar-refractivity contribution >= 4 is 0 Å². The van der Waals surface area contributed by atoms with Crippen molar-refractivity contribution < 1.29 is 13.2 Å². The molecule has 0 unspecified atom stereocenters. The number of rotatable bonds is 6. The van der Waals surface area contributed by atoms with E-state index in [1.807, 2.05) is 0 Å². The third-order valence-electron chi connectivity index (χ3n) is 1.38. The minimum atomic E-state index is -4.09. The first kappa shape index (κ1) is 11.7. The van der Waals surface area contributed by atoms with Crippen LogP contribution in [-0.2, 0) is 0 Å². The molecule has 0 bridgehead atoms. The number of unbranched alkanes of at least 4 members (excludes halogenated alkanes) is 2. The zero-order chi connectivity index (χ0) is 9.45. The molecular weight excluding hydrogens is 169 g/mol. The van der Waals surface area contributed by atoms with Crippen molar-refractivity contribution in [1.82, 2.24) is 5.32 Å². The molecule has 0 spiro atoms. The van der Waals surface area contributed by atoms with Crippen molar-refractivity contribution in [3.05, 3.63) is 0 Å². The Morgan fingerprint density at radius 2 is 1.75 bits per heavy atom. The number of hydrogen-bond donors (Lipinski definition) is 2. The molecule has 0 aromatic carbocycles. The average Bonchev–Trinajstić information content (AvgIpc) is 1.94. The SMILES string of the molecule is NCCCCCNCC(F)(F)F. The van der Waals surface area contributed by atoms with Gasteiger partial charge in [-0.05, 0) is 25.9 Å². The van der Waals surface area contributed by atoms with Crippen LogP contribution < -0.4 is 11.1 Å². The topological polar surface area (TPSA) is 38.0 Å². The Hall–Kier alpha value is -0.290. The van der Waals surface area contributed by atoms with Gasteiger partial charge >= 0.3 is 6.18 Å². The zero-order valence-electron chi connectivity index (χ0n) is 6.95. The molecule has 0 aromatic heterocycles. The van der Waals surface area contributed by atoms with Crippen molar-refractivity contribution in [1.29, 1.82) is 0 Å². The predicted molar refractivity (Wildman–Crippen MR) is 41.8 cm³/mol. The number of nitrogens with one attached hydrogen (secondary N) is 1. The third kappa shape index (κ3) is 9.71. The maximum Gasteiger partial charge on any atom is 0.401 e. The summed E-state index contributed by atoms with van der Waals surface area (Å²) in [6.45, 7) is 0.133. The van der Waals surface area contributed by atoms with E-state index in [-0.39, 0.29) is 0 Å². The molecule has 0 saturated heterocycles. The van der Waals surface area contributed by atoms with Gasteiger partial charge in [0.05, 0.1) is 6.54 Å². The summed E-state index contributed by atoms with van der Waals surface area (Å²) in [6, 6.07) is 0. The van der Waals surface area contributed by atoms with E-state index in [9.17, 15) is 13.2 Å². The summed E-state index contributed by atoms with van der Waals surface area (Å²) in [5.74, 6) is 0. The minimum absolute atomic E-state index is 0.416. The fourth-order valence-electron chi connectivity index (χ4n) is 0.801. The van der Waals surface area contributed by atoms with Crippen molar-refractivity contribution in [3.63, 3.8) is 0 Å². The Bertz CT molecular complexity index is 103. The lowest BCUT2D eigenvalue weighted by molar-refractivity contribution is -0.124. The lowest BCUT2D eigenvalue weighted by Gasteiger charge is -2.07. The van der Waals surface area contributed by atoms with Crippen LogP contribution in [0.5, 0.6) is 0 Å². The van der Waals surface area contributed by atoms with E-state index in [1.54, 1.807) is 0 Å². The molecule has 0 aliphatic rings. The Kier molecular flexibility index (Phi) is 6.10. The molecule has 0 aliphatic carbocycles. The van der Waals surface area contributed by atoms with Gasteiger partial charge in [-0.2, -0.15) is 13.2 Å². The van der Waals surface area contributed by atoms with Gasteiger partial charge in [0.15, 0.2) is 0 Å². The number of alkyl halides is 3. The largest absolute Gasteiger partial charge is 0.401 e. The molecule has 0 fully saturated rings. The summed E-state index contributed by atoms with van der Waals surface area (Å²) in [5.41, 5.74) is 5.21. The van der Waals surface area contributed by atoms with Crippen molar-refractivity contribution in [2.24, 2.45) is 5.73 Å². The number of nitrogens with two attached hydrogens (primary N) is 1. The molecule has 0 atom stereocenters. The van der Waals surface area contributed by atoms with Crippen LogP contribution in [0.15, 0.2) is 0 Å². The summed E-state index contributed by atoms with van der Waals surface area (Å²) in [5, 5.41) is 2.32. The van der Waals surface area contributed by atoms with Gasteiger partial charge in [-0.15, -0.1) is 0 Å². The van der Waals surface area contributed by atoms with Crippen LogP contribution in [0.1, 0.15) is 19.3 Å². The number of hydrogen-bond acceptors (Lipinski definition) is 2. The first-order valence-electron chi connectivity index (χ1n) is 4.04. The van der Waals surface area contributed by atoms with E-state index in [2.05, 4.69) is 5.32 Å². The average molecular weight is 184 g/mol. The van der Waals surface area contributed by atoms with Gasteiger partial charge in [-0.1, -0.05) is 6.42 Å². The first-order valence-corrected chi connectivity index (χ1v) is 4.04. The Labute approximate surface area is 70.3 Å². The highest BCUT2D eigenvalue weighted by molar-refractivity contribution is 4.55. The van der Waals surface area contributed by atoms with Gasteiger partial charge in [0, 0.05) is 0 Å². The van der Waals surface area contributed by atoms with Crippen molar-refractivity contribution in [2.45, 2.75) is 25.4 Å². The summed E-state index contributed by atoms with van der Waals surface area (Å²) in [6.07, 6.45) is -1.56. The summed E-state index contributed by atoms with van der Waals surface area (Å²) < 4.78 is 34.6. The van der Waals surface area contributed by atoms with Crippen LogP contribution in [-0.4, -0.2) is 25.8 Å². The minimum Gasteiger partial charge on any atom is -0.330 e. The molecule has 0 aliphatic heterocycles. The third-order valence-corrected chi connectivity index (χ3v) is 1.38. The van der Waals surface area contributed by atoms with E-state index in [0.717, 1.165) is 19.3 Å². The quantitative estimate of drug-likeness (QED) is 0.610. The molecule has 3 N–H and O–H groups in total. The second kappa shape index (κ2) is 6.25. The van der Waals surface area contributed by atoms with Crippen molar-refractivity contribution in [2.75, 3.05) is 19.6 Å². The molecule has 0 aromatic rings. The molecule has 5 heteroatoms. The molecule has 0 rings (SSSR count). The molecule has 74 valence electrons. The Balaban J connectivity index is 3.01. The first-order chi connectivity index (χ1) is 5.56. The Morgan fingerprint density at radius 1 is 1.08 bits per heavy atom. The van der Waals surface area contributed by atoms with Crippen LogP contribution >= 0.6 is 0 Å². The smallest absolute Gasteiger partial charge is 0.330 e. The highest BCUT2D eigenvalue weighted by Crippen LogP contribution is 2.11. The summed E-state index contributed by atoms with van der Waals surface area (Å²) >= 11 is 0. The molecule has 0 heterocycles. The lowest BCUT2D eigenvalue weighted by Crippen LogP contribution is -2.29. The molecular formula is C7H15F3N2. The fraction of sp³-hybridized carbons (Fsp3) is 1.00. The standard InChI is InChI=1S/C7H15F3N2/c8-7(9,10)6-12-5-3-1-2-4-11/h12H,1-6,11H2. The predicted octanol–water partition coefficient (Wildman–Crippen LogP) is 1.27. The molecule has 0 saturated carbocycles. The Morgan fingerprint density at radius 3 is 2.25 bits per heavy atom. The van der Waals surface area contributed by atoms with E-state index in [1.165, 1.54) is 0 Å². The van der Waals surface area contributed by atoms with Gasteiger partial charge in [-0.25, -0.2) is 0 Å². The summed E-state index contributed by atoms with van der Waals surface area (Å²) in [7, 11) is 0. The zero-order valence-corrected chi connectivity index (χ0v) is 6.95. The maximum absolute atomic E-state index is 11.5. The van der Waals surface area contributed by atoms with Crippen LogP contribution in [0.25, 0.3) is 0 Å². The van der Waals surface area contributed by atoms with Crippen LogP contribution in [0, 0.1) is 0 Å². The molecule has 2 nitrogen and oxygen atoms in total. The molecule has 0 amide bonds. The highest BCUT2D eigenvalue weighted by Gasteiger charge is 2.25. The molecule has 12 heavy (non-hydrogen) atoms. The lowest BCUT2D eigenvalue weighted by atomic mass is 10.2. The van der Waals surface area contributed by atoms with Crippen LogP contribution in [0.4, 0.5) is 13.2 Å². The van der Waals surface area contributed by atoms with Gasteiger partial charge < -0.3 is 11.1 Å². The van der Waals surface area contributed by atoms with E-state index in [4.69, 9.17) is 5.73 Å². The monoisotopic (exact) mass is 184 g/mol. The van der Waals surface area contributed by atoms with Gasteiger partial charge in [-0.3, -0.25) is 0 Å².